The molecule has 0 spiro atoms. The molecule has 3 aromatic rings. The molecule has 3 heterocycles. The second-order valence-electron chi connectivity index (χ2n) is 7.89. The Morgan fingerprint density at radius 2 is 1.97 bits per heavy atom. The van der Waals surface area contributed by atoms with Gasteiger partial charge < -0.3 is 10.4 Å². The molecule has 1 aliphatic heterocycles. The number of nitrogens with one attached hydrogen (secondary N) is 1. The number of rotatable bonds is 5. The number of sulfonamides is 1. The van der Waals surface area contributed by atoms with Crippen LogP contribution in [0.25, 0.3) is 11.5 Å². The number of aromatic nitrogens is 3. The van der Waals surface area contributed by atoms with Gasteiger partial charge in [0.2, 0.25) is 15.8 Å². The van der Waals surface area contributed by atoms with Crippen molar-refractivity contribution >= 4 is 44.8 Å². The van der Waals surface area contributed by atoms with Crippen LogP contribution in [-0.4, -0.2) is 46.3 Å². The topological polar surface area (TPSA) is 134 Å². The highest BCUT2D eigenvalue weighted by Gasteiger charge is 2.30. The highest BCUT2D eigenvalue weighted by molar-refractivity contribution is 7.92. The second-order valence-corrected chi connectivity index (χ2v) is 10.7. The summed E-state index contributed by atoms with van der Waals surface area (Å²) in [6.45, 7) is 0.284. The van der Waals surface area contributed by atoms with E-state index in [1.54, 1.807) is 30.3 Å². The fraction of sp³-hybridized carbons (Fsp3) is 0.273. The third-order valence-electron chi connectivity index (χ3n) is 5.54. The Morgan fingerprint density at radius 3 is 2.69 bits per heavy atom. The zero-order chi connectivity index (χ0) is 25.3. The quantitative estimate of drug-likeness (QED) is 0.510. The van der Waals surface area contributed by atoms with Gasteiger partial charge in [0.25, 0.3) is 11.5 Å². The number of carbonyl (C=O) groups is 1. The number of hydrogen-bond donors (Lipinski definition) is 2. The minimum atomic E-state index is -3.58. The highest BCUT2D eigenvalue weighted by Crippen LogP contribution is 2.32. The molecule has 4 rings (SSSR count). The molecule has 2 N–H and O–H groups in total. The molecule has 1 aliphatic rings. The van der Waals surface area contributed by atoms with Crippen molar-refractivity contribution in [3.63, 3.8) is 0 Å². The third kappa shape index (κ3) is 4.97. The molecular weight excluding hydrogens is 517 g/mol. The maximum absolute atomic E-state index is 12.9. The van der Waals surface area contributed by atoms with Crippen LogP contribution in [0.4, 0.5) is 5.69 Å². The highest BCUT2D eigenvalue weighted by atomic mass is 35.5. The lowest BCUT2D eigenvalue weighted by molar-refractivity contribution is 0.0942. The van der Waals surface area contributed by atoms with Crippen molar-refractivity contribution in [1.82, 2.24) is 19.9 Å². The first kappa shape index (κ1) is 25.0. The van der Waals surface area contributed by atoms with Crippen LogP contribution in [0.3, 0.4) is 0 Å². The molecule has 10 nitrogen and oxygen atoms in total. The summed E-state index contributed by atoms with van der Waals surface area (Å²) in [5.74, 6) is -1.73. The van der Waals surface area contributed by atoms with Gasteiger partial charge >= 0.3 is 0 Å². The number of amides is 1. The third-order valence-corrected chi connectivity index (χ3v) is 8.13. The summed E-state index contributed by atoms with van der Waals surface area (Å²) in [5.41, 5.74) is -0.425. The lowest BCUT2D eigenvalue weighted by atomic mass is 10.2. The average Bonchev–Trinajstić information content (AvgIpc) is 2.83. The molecule has 1 aromatic carbocycles. The number of anilines is 1. The molecule has 0 atom stereocenters. The molecule has 184 valence electrons. The van der Waals surface area contributed by atoms with Crippen molar-refractivity contribution < 1.29 is 18.3 Å². The van der Waals surface area contributed by atoms with E-state index in [-0.39, 0.29) is 36.0 Å². The van der Waals surface area contributed by atoms with E-state index in [1.807, 2.05) is 0 Å². The Balaban J connectivity index is 1.73. The summed E-state index contributed by atoms with van der Waals surface area (Å²) in [4.78, 5) is 34.1. The Labute approximate surface area is 211 Å². The van der Waals surface area contributed by atoms with Crippen molar-refractivity contribution in [1.29, 1.82) is 0 Å². The van der Waals surface area contributed by atoms with E-state index in [4.69, 9.17) is 23.2 Å². The number of hydrogen-bond acceptors (Lipinski definition) is 7. The van der Waals surface area contributed by atoms with Gasteiger partial charge in [0.15, 0.2) is 11.5 Å². The Morgan fingerprint density at radius 1 is 1.20 bits per heavy atom. The number of halogens is 2. The van der Waals surface area contributed by atoms with Crippen LogP contribution in [0.5, 0.6) is 5.75 Å². The van der Waals surface area contributed by atoms with Gasteiger partial charge in [-0.15, -0.1) is 0 Å². The SMILES string of the molecule is Cn1c(-c2ncccc2N2CCCCS2(=O)=O)nc(C(=O)NCc2ccc(Cl)c(Cl)c2)c(O)c1=O. The molecule has 0 aliphatic carbocycles. The molecule has 1 amide bonds. The van der Waals surface area contributed by atoms with Crippen LogP contribution in [0.2, 0.25) is 10.0 Å². The van der Waals surface area contributed by atoms with Gasteiger partial charge in [-0.2, -0.15) is 0 Å². The largest absolute Gasteiger partial charge is 0.501 e. The van der Waals surface area contributed by atoms with Crippen LogP contribution >= 0.6 is 23.2 Å². The summed E-state index contributed by atoms with van der Waals surface area (Å²) >= 11 is 11.9. The first-order valence-corrected chi connectivity index (χ1v) is 12.9. The molecular formula is C22H21Cl2N5O5S. The lowest BCUT2D eigenvalue weighted by Crippen LogP contribution is -2.38. The van der Waals surface area contributed by atoms with Gasteiger partial charge in [-0.25, -0.2) is 13.4 Å². The van der Waals surface area contributed by atoms with E-state index in [9.17, 15) is 23.1 Å². The Hall–Kier alpha value is -3.15. The number of benzene rings is 1. The average molecular weight is 538 g/mol. The summed E-state index contributed by atoms with van der Waals surface area (Å²) in [5, 5.41) is 13.6. The molecule has 1 saturated heterocycles. The Kier molecular flexibility index (Phi) is 7.02. The minimum absolute atomic E-state index is 0.00829. The van der Waals surface area contributed by atoms with Crippen LogP contribution in [-0.2, 0) is 23.6 Å². The zero-order valence-corrected chi connectivity index (χ0v) is 20.9. The van der Waals surface area contributed by atoms with Crippen molar-refractivity contribution in [3.8, 4) is 17.3 Å². The van der Waals surface area contributed by atoms with Gasteiger partial charge in [0.1, 0.15) is 5.69 Å². The predicted molar refractivity (Wildman–Crippen MR) is 132 cm³/mol. The Bertz CT molecular complexity index is 1480. The fourth-order valence-corrected chi connectivity index (χ4v) is 5.67. The van der Waals surface area contributed by atoms with E-state index in [1.165, 1.54) is 17.5 Å². The molecule has 0 unspecified atom stereocenters. The van der Waals surface area contributed by atoms with E-state index in [0.29, 0.717) is 28.5 Å². The van der Waals surface area contributed by atoms with Crippen LogP contribution in [0.1, 0.15) is 28.9 Å². The molecule has 0 saturated carbocycles. The monoisotopic (exact) mass is 537 g/mol. The van der Waals surface area contributed by atoms with Crippen LogP contribution < -0.4 is 15.2 Å². The smallest absolute Gasteiger partial charge is 0.296 e. The number of carbonyl (C=O) groups excluding carboxylic acids is 1. The number of nitrogens with zero attached hydrogens (tertiary/aromatic N) is 4. The summed E-state index contributed by atoms with van der Waals surface area (Å²) in [6.07, 6.45) is 2.64. The first-order valence-electron chi connectivity index (χ1n) is 10.6. The molecule has 0 bridgehead atoms. The van der Waals surface area contributed by atoms with Crippen LogP contribution in [0.15, 0.2) is 41.3 Å². The molecule has 13 heteroatoms. The van der Waals surface area contributed by atoms with Gasteiger partial charge in [-0.3, -0.25) is 23.4 Å². The van der Waals surface area contributed by atoms with Gasteiger partial charge in [-0.05, 0) is 42.7 Å². The van der Waals surface area contributed by atoms with E-state index in [0.717, 1.165) is 4.57 Å². The van der Waals surface area contributed by atoms with E-state index >= 15 is 0 Å². The van der Waals surface area contributed by atoms with Crippen LogP contribution in [0, 0.1) is 0 Å². The summed E-state index contributed by atoms with van der Waals surface area (Å²) in [6, 6.07) is 7.96. The van der Waals surface area contributed by atoms with Crippen molar-refractivity contribution in [2.45, 2.75) is 19.4 Å². The maximum Gasteiger partial charge on any atom is 0.296 e. The lowest BCUT2D eigenvalue weighted by Gasteiger charge is -2.29. The van der Waals surface area contributed by atoms with E-state index < -0.39 is 32.9 Å². The molecule has 0 radical (unpaired) electrons. The predicted octanol–water partition coefficient (Wildman–Crippen LogP) is 2.71. The maximum atomic E-state index is 12.9. The minimum Gasteiger partial charge on any atom is -0.501 e. The summed E-state index contributed by atoms with van der Waals surface area (Å²) in [7, 11) is -2.23. The van der Waals surface area contributed by atoms with Crippen molar-refractivity contribution in [2.75, 3.05) is 16.6 Å². The molecule has 2 aromatic heterocycles. The van der Waals surface area contributed by atoms with Crippen molar-refractivity contribution in [2.24, 2.45) is 7.05 Å². The number of aromatic hydroxyl groups is 1. The van der Waals surface area contributed by atoms with Gasteiger partial charge in [0, 0.05) is 26.3 Å². The standard InChI is InChI=1S/C22H21Cl2N5O5S/c1-28-20(17-16(5-4-8-25-17)29-9-2-3-10-35(29,33)34)27-18(19(30)22(28)32)21(31)26-12-13-6-7-14(23)15(24)11-13/h4-8,11,30H,2-3,9-10,12H2,1H3,(H,26,31). The van der Waals surface area contributed by atoms with Gasteiger partial charge in [-0.1, -0.05) is 29.3 Å². The normalized spacial score (nSPS) is 15.1. The zero-order valence-electron chi connectivity index (χ0n) is 18.5. The summed E-state index contributed by atoms with van der Waals surface area (Å²) < 4.78 is 27.7. The molecule has 1 fully saturated rings. The fourth-order valence-electron chi connectivity index (χ4n) is 3.71. The molecule has 35 heavy (non-hydrogen) atoms. The first-order chi connectivity index (χ1) is 16.6. The van der Waals surface area contributed by atoms with Crippen molar-refractivity contribution in [3.05, 3.63) is 68.2 Å². The van der Waals surface area contributed by atoms with Gasteiger partial charge in [0.05, 0.1) is 21.5 Å². The van der Waals surface area contributed by atoms with E-state index in [2.05, 4.69) is 15.3 Å². The number of pyridine rings is 1. The second kappa shape index (κ2) is 9.84.